The van der Waals surface area contributed by atoms with Crippen LogP contribution in [-0.4, -0.2) is 40.1 Å². The molecule has 2 rings (SSSR count). The van der Waals surface area contributed by atoms with Gasteiger partial charge in [-0.15, -0.1) is 0 Å². The average Bonchev–Trinajstić information content (AvgIpc) is 2.67. The normalized spacial score (nSPS) is 42.0. The summed E-state index contributed by atoms with van der Waals surface area (Å²) in [5.41, 5.74) is 1.15. The highest BCUT2D eigenvalue weighted by atomic mass is 32.2. The molecule has 1 aliphatic heterocycles. The van der Waals surface area contributed by atoms with Gasteiger partial charge in [0, 0.05) is 12.2 Å². The molecule has 2 aliphatic rings. The van der Waals surface area contributed by atoms with Crippen LogP contribution >= 0.6 is 11.8 Å². The van der Waals surface area contributed by atoms with Crippen molar-refractivity contribution in [1.82, 2.24) is 0 Å². The maximum Gasteiger partial charge on any atom is 0.303 e. The van der Waals surface area contributed by atoms with E-state index in [2.05, 4.69) is 27.7 Å². The van der Waals surface area contributed by atoms with Gasteiger partial charge in [-0.1, -0.05) is 39.7 Å². The van der Waals surface area contributed by atoms with E-state index in [1.54, 1.807) is 0 Å². The molecule has 0 aromatic heterocycles. The van der Waals surface area contributed by atoms with E-state index in [-0.39, 0.29) is 11.7 Å². The number of aliphatic hydroxyl groups is 1. The first-order valence-corrected chi connectivity index (χ1v) is 12.3. The second kappa shape index (κ2) is 10.00. The van der Waals surface area contributed by atoms with E-state index in [4.69, 9.17) is 4.74 Å². The van der Waals surface area contributed by atoms with E-state index in [1.165, 1.54) is 6.92 Å². The van der Waals surface area contributed by atoms with Gasteiger partial charge in [0.25, 0.3) is 0 Å². The van der Waals surface area contributed by atoms with Crippen LogP contribution in [0, 0.1) is 23.2 Å². The molecule has 29 heavy (non-hydrogen) atoms. The summed E-state index contributed by atoms with van der Waals surface area (Å²) in [6, 6.07) is 0. The van der Waals surface area contributed by atoms with Crippen LogP contribution in [0.2, 0.25) is 0 Å². The van der Waals surface area contributed by atoms with Crippen molar-refractivity contribution >= 4 is 23.5 Å². The quantitative estimate of drug-likeness (QED) is 0.500. The minimum Gasteiger partial charge on any atom is -0.450 e. The summed E-state index contributed by atoms with van der Waals surface area (Å²) in [5, 5.41) is 11.7. The van der Waals surface area contributed by atoms with E-state index in [0.29, 0.717) is 29.9 Å². The SMILES string of the molecule is CC/C1=C(/C)CC[C@@H](C)SCC2[C@H](CC)[C@H](C)C[C@H](O)[C@@]2(C)C(=O)[C@@H]1OC(C)=O. The molecule has 0 radical (unpaired) electrons. The van der Waals surface area contributed by atoms with Crippen molar-refractivity contribution in [1.29, 1.82) is 0 Å². The maximum absolute atomic E-state index is 14.1. The molecular weight excluding hydrogens is 384 g/mol. The van der Waals surface area contributed by atoms with Crippen molar-refractivity contribution in [3.8, 4) is 0 Å². The third-order valence-electron chi connectivity index (χ3n) is 7.56. The van der Waals surface area contributed by atoms with Gasteiger partial charge in [0.2, 0.25) is 0 Å². The fraction of sp³-hybridized carbons (Fsp3) is 0.833. The Morgan fingerprint density at radius 1 is 1.31 bits per heavy atom. The Morgan fingerprint density at radius 3 is 2.52 bits per heavy atom. The average molecular weight is 425 g/mol. The number of rotatable bonds is 3. The van der Waals surface area contributed by atoms with Gasteiger partial charge in [-0.05, 0) is 68.6 Å². The van der Waals surface area contributed by atoms with Crippen LogP contribution in [0.25, 0.3) is 0 Å². The van der Waals surface area contributed by atoms with Gasteiger partial charge in [-0.25, -0.2) is 0 Å². The maximum atomic E-state index is 14.1. The lowest BCUT2D eigenvalue weighted by atomic mass is 9.55. The Hall–Kier alpha value is -0.810. The van der Waals surface area contributed by atoms with Gasteiger partial charge in [0.1, 0.15) is 0 Å². The monoisotopic (exact) mass is 424 g/mol. The van der Waals surface area contributed by atoms with Crippen molar-refractivity contribution in [3.05, 3.63) is 11.1 Å². The first kappa shape index (κ1) is 24.5. The van der Waals surface area contributed by atoms with E-state index in [9.17, 15) is 14.7 Å². The molecule has 1 heterocycles. The Balaban J connectivity index is 2.64. The molecule has 4 nitrogen and oxygen atoms in total. The summed E-state index contributed by atoms with van der Waals surface area (Å²) in [6.07, 6.45) is 2.62. The molecule has 0 aromatic rings. The van der Waals surface area contributed by atoms with Crippen molar-refractivity contribution in [2.75, 3.05) is 5.75 Å². The lowest BCUT2D eigenvalue weighted by Crippen LogP contribution is -2.58. The fourth-order valence-corrected chi connectivity index (χ4v) is 6.98. The Kier molecular flexibility index (Phi) is 8.43. The molecule has 7 atom stereocenters. The van der Waals surface area contributed by atoms with Gasteiger partial charge in [0.15, 0.2) is 11.9 Å². The third kappa shape index (κ3) is 4.92. The number of hydrogen-bond acceptors (Lipinski definition) is 5. The third-order valence-corrected chi connectivity index (χ3v) is 8.92. The highest BCUT2D eigenvalue weighted by Crippen LogP contribution is 2.52. The standard InChI is InChI=1S/C24H40O4S/c1-8-18-15(4)12-21(26)24(7)20(18)13-29-16(5)11-10-14(3)19(9-2)22(23(24)27)28-17(6)25/h15-16,18,20-22,26H,8-13H2,1-7H3/b19-14+/t15-,16-,18-,20?,21+,22-,24+/m1/s1. The van der Waals surface area contributed by atoms with Crippen LogP contribution < -0.4 is 0 Å². The van der Waals surface area contributed by atoms with Crippen LogP contribution in [0.4, 0.5) is 0 Å². The molecule has 166 valence electrons. The molecule has 1 N–H and O–H groups in total. The van der Waals surface area contributed by atoms with Crippen LogP contribution in [0.15, 0.2) is 11.1 Å². The Labute approximate surface area is 181 Å². The van der Waals surface area contributed by atoms with E-state index >= 15 is 0 Å². The van der Waals surface area contributed by atoms with Crippen LogP contribution in [-0.2, 0) is 14.3 Å². The number of fused-ring (bicyclic) bond motifs is 1. The molecule has 0 spiro atoms. The summed E-state index contributed by atoms with van der Waals surface area (Å²) >= 11 is 1.93. The van der Waals surface area contributed by atoms with Crippen molar-refractivity contribution in [2.45, 2.75) is 98.0 Å². The Morgan fingerprint density at radius 2 is 1.97 bits per heavy atom. The number of thioether (sulfide) groups is 1. The minimum absolute atomic E-state index is 0.0702. The number of carbonyl (C=O) groups excluding carboxylic acids is 2. The molecule has 5 heteroatoms. The molecule has 1 aliphatic carbocycles. The van der Waals surface area contributed by atoms with Gasteiger partial charge < -0.3 is 9.84 Å². The predicted molar refractivity (Wildman–Crippen MR) is 120 cm³/mol. The number of Topliss-reactive ketones (excluding diaryl/α,β-unsaturated/α-hetero) is 1. The predicted octanol–water partition coefficient (Wildman–Crippen LogP) is 5.18. The summed E-state index contributed by atoms with van der Waals surface area (Å²) in [6.45, 7) is 14.0. The summed E-state index contributed by atoms with van der Waals surface area (Å²) in [7, 11) is 0. The molecule has 0 aromatic carbocycles. The van der Waals surface area contributed by atoms with E-state index < -0.39 is 23.6 Å². The largest absolute Gasteiger partial charge is 0.450 e. The summed E-state index contributed by atoms with van der Waals surface area (Å²) < 4.78 is 5.67. The highest BCUT2D eigenvalue weighted by molar-refractivity contribution is 7.99. The molecule has 1 unspecified atom stereocenters. The number of ketones is 1. The number of hydrogen-bond donors (Lipinski definition) is 1. The van der Waals surface area contributed by atoms with E-state index in [0.717, 1.165) is 36.2 Å². The lowest BCUT2D eigenvalue weighted by Gasteiger charge is -2.51. The highest BCUT2D eigenvalue weighted by Gasteiger charge is 2.56. The smallest absolute Gasteiger partial charge is 0.303 e. The van der Waals surface area contributed by atoms with Gasteiger partial charge in [-0.2, -0.15) is 11.8 Å². The fourth-order valence-electron chi connectivity index (χ4n) is 5.56. The summed E-state index contributed by atoms with van der Waals surface area (Å²) in [5.74, 6) is 1.13. The van der Waals surface area contributed by atoms with Crippen LogP contribution in [0.3, 0.4) is 0 Å². The molecule has 0 saturated heterocycles. The number of ether oxygens (including phenoxy) is 1. The number of allylic oxidation sites excluding steroid dienone is 1. The van der Waals surface area contributed by atoms with Gasteiger partial charge in [-0.3, -0.25) is 9.59 Å². The van der Waals surface area contributed by atoms with Crippen molar-refractivity contribution in [3.63, 3.8) is 0 Å². The van der Waals surface area contributed by atoms with Crippen LogP contribution in [0.1, 0.15) is 80.6 Å². The zero-order valence-corrected chi connectivity index (χ0v) is 20.1. The topological polar surface area (TPSA) is 63.6 Å². The second-order valence-electron chi connectivity index (χ2n) is 9.39. The van der Waals surface area contributed by atoms with Gasteiger partial charge >= 0.3 is 5.97 Å². The van der Waals surface area contributed by atoms with Crippen LogP contribution in [0.5, 0.6) is 0 Å². The zero-order valence-electron chi connectivity index (χ0n) is 19.3. The lowest BCUT2D eigenvalue weighted by molar-refractivity contribution is -0.166. The molecule has 0 amide bonds. The second-order valence-corrected chi connectivity index (χ2v) is 10.9. The first-order valence-electron chi connectivity index (χ1n) is 11.3. The molecule has 1 saturated carbocycles. The van der Waals surface area contributed by atoms with Crippen molar-refractivity contribution in [2.24, 2.45) is 23.2 Å². The molecular formula is C24H40O4S. The number of aliphatic hydroxyl groups excluding tert-OH is 1. The minimum atomic E-state index is -0.912. The van der Waals surface area contributed by atoms with E-state index in [1.807, 2.05) is 25.6 Å². The first-order chi connectivity index (χ1) is 13.6. The number of esters is 1. The van der Waals surface area contributed by atoms with Gasteiger partial charge in [0.05, 0.1) is 11.5 Å². The zero-order chi connectivity index (χ0) is 21.9. The number of carbonyl (C=O) groups is 2. The van der Waals surface area contributed by atoms with Crippen molar-refractivity contribution < 1.29 is 19.4 Å². The molecule has 1 fully saturated rings. The Bertz CT molecular complexity index is 643. The molecule has 0 bridgehead atoms. The summed E-state index contributed by atoms with van der Waals surface area (Å²) in [4.78, 5) is 26.0.